The molecular weight excluding hydrogens is 347 g/mol. The summed E-state index contributed by atoms with van der Waals surface area (Å²) in [6, 6.07) is 2.35. The minimum absolute atomic E-state index is 0.0714. The molecule has 0 fully saturated rings. The first-order valence-corrected chi connectivity index (χ1v) is 7.30. The van der Waals surface area contributed by atoms with E-state index < -0.39 is 29.9 Å². The Morgan fingerprint density at radius 3 is 2.48 bits per heavy atom. The molecule has 0 bridgehead atoms. The van der Waals surface area contributed by atoms with E-state index in [0.29, 0.717) is 0 Å². The van der Waals surface area contributed by atoms with E-state index in [1.807, 2.05) is 0 Å². The number of carboxylic acid groups (broad SMARTS) is 1. The molecule has 2 atom stereocenters. The van der Waals surface area contributed by atoms with Crippen LogP contribution < -0.4 is 10.6 Å². The second-order valence-electron chi connectivity index (χ2n) is 4.65. The van der Waals surface area contributed by atoms with Crippen molar-refractivity contribution in [2.45, 2.75) is 19.0 Å². The first-order chi connectivity index (χ1) is 10.8. The molecule has 1 aromatic carbocycles. The Hall–Kier alpha value is -1.83. The first-order valence-electron chi connectivity index (χ1n) is 6.55. The predicted molar refractivity (Wildman–Crippen MR) is 84.8 cm³/mol. The Kier molecular flexibility index (Phi) is 7.28. The highest BCUT2D eigenvalue weighted by atomic mass is 35.5. The molecule has 0 aliphatic rings. The molecule has 126 valence electrons. The summed E-state index contributed by atoms with van der Waals surface area (Å²) in [4.78, 5) is 35.0. The fourth-order valence-electron chi connectivity index (χ4n) is 1.66. The van der Waals surface area contributed by atoms with E-state index in [9.17, 15) is 14.4 Å². The van der Waals surface area contributed by atoms with Crippen molar-refractivity contribution in [3.63, 3.8) is 0 Å². The van der Waals surface area contributed by atoms with Gasteiger partial charge in [0.15, 0.2) is 6.04 Å². The number of carbonyl (C=O) groups is 3. The molecular formula is C14H16Cl2N2O5. The zero-order valence-electron chi connectivity index (χ0n) is 12.4. The van der Waals surface area contributed by atoms with Gasteiger partial charge in [-0.05, 0) is 19.1 Å². The van der Waals surface area contributed by atoms with Gasteiger partial charge in [0.1, 0.15) is 6.04 Å². The third-order valence-electron chi connectivity index (χ3n) is 2.89. The van der Waals surface area contributed by atoms with Crippen LogP contribution in [0.15, 0.2) is 18.2 Å². The van der Waals surface area contributed by atoms with E-state index in [1.54, 1.807) is 6.07 Å². The molecule has 0 spiro atoms. The van der Waals surface area contributed by atoms with Crippen molar-refractivity contribution in [2.24, 2.45) is 0 Å². The van der Waals surface area contributed by atoms with Crippen molar-refractivity contribution >= 4 is 41.0 Å². The van der Waals surface area contributed by atoms with Gasteiger partial charge < -0.3 is 20.5 Å². The third-order valence-corrected chi connectivity index (χ3v) is 3.70. The summed E-state index contributed by atoms with van der Waals surface area (Å²) < 4.78 is 4.71. The van der Waals surface area contributed by atoms with Crippen molar-refractivity contribution in [1.82, 2.24) is 10.6 Å². The minimum atomic E-state index is -1.24. The third kappa shape index (κ3) is 5.38. The van der Waals surface area contributed by atoms with E-state index in [-0.39, 0.29) is 22.2 Å². The highest BCUT2D eigenvalue weighted by Crippen LogP contribution is 2.25. The smallest absolute Gasteiger partial charge is 0.328 e. The van der Waals surface area contributed by atoms with Crippen molar-refractivity contribution in [3.05, 3.63) is 33.8 Å². The Morgan fingerprint density at radius 1 is 1.26 bits per heavy atom. The first kappa shape index (κ1) is 19.2. The Labute approximate surface area is 142 Å². The van der Waals surface area contributed by atoms with E-state index in [2.05, 4.69) is 10.6 Å². The van der Waals surface area contributed by atoms with E-state index in [1.165, 1.54) is 26.2 Å². The van der Waals surface area contributed by atoms with Crippen LogP contribution in [0.3, 0.4) is 0 Å². The quantitative estimate of drug-likeness (QED) is 0.678. The molecule has 0 aromatic heterocycles. The summed E-state index contributed by atoms with van der Waals surface area (Å²) in [7, 11) is 1.31. The van der Waals surface area contributed by atoms with Gasteiger partial charge in [0.25, 0.3) is 5.91 Å². The lowest BCUT2D eigenvalue weighted by Crippen LogP contribution is -2.51. The molecule has 0 saturated carbocycles. The SMILES string of the molecule is COCC(NC(=O)C(C)NC(=O)c1cccc(Cl)c1Cl)C(=O)O. The molecule has 2 amide bonds. The second-order valence-corrected chi connectivity index (χ2v) is 5.44. The van der Waals surface area contributed by atoms with Crippen LogP contribution >= 0.6 is 23.2 Å². The lowest BCUT2D eigenvalue weighted by Gasteiger charge is -2.18. The molecule has 3 N–H and O–H groups in total. The number of hydrogen-bond donors (Lipinski definition) is 3. The number of amides is 2. The molecule has 0 heterocycles. The number of carboxylic acids is 1. The monoisotopic (exact) mass is 362 g/mol. The maximum absolute atomic E-state index is 12.1. The fraction of sp³-hybridized carbons (Fsp3) is 0.357. The average Bonchev–Trinajstić information content (AvgIpc) is 2.49. The molecule has 9 heteroatoms. The van der Waals surface area contributed by atoms with E-state index in [0.717, 1.165) is 0 Å². The number of nitrogens with one attached hydrogen (secondary N) is 2. The Bertz CT molecular complexity index is 609. The highest BCUT2D eigenvalue weighted by molar-refractivity contribution is 6.43. The summed E-state index contributed by atoms with van der Waals surface area (Å²) in [5.41, 5.74) is 0.116. The maximum atomic E-state index is 12.1. The van der Waals surface area contributed by atoms with Crippen LogP contribution in [-0.4, -0.2) is 48.7 Å². The molecule has 1 rings (SSSR count). The average molecular weight is 363 g/mol. The highest BCUT2D eigenvalue weighted by Gasteiger charge is 2.24. The fourth-order valence-corrected chi connectivity index (χ4v) is 2.04. The Balaban J connectivity index is 2.72. The van der Waals surface area contributed by atoms with Gasteiger partial charge in [-0.2, -0.15) is 0 Å². The number of ether oxygens (including phenoxy) is 1. The van der Waals surface area contributed by atoms with Gasteiger partial charge in [0.05, 0.1) is 22.2 Å². The van der Waals surface area contributed by atoms with Crippen molar-refractivity contribution in [1.29, 1.82) is 0 Å². The number of carbonyl (C=O) groups excluding carboxylic acids is 2. The molecule has 0 aliphatic heterocycles. The molecule has 2 unspecified atom stereocenters. The van der Waals surface area contributed by atoms with Crippen LogP contribution in [0.1, 0.15) is 17.3 Å². The summed E-state index contributed by atoms with van der Waals surface area (Å²) in [5.74, 6) is -2.50. The molecule has 1 aromatic rings. The van der Waals surface area contributed by atoms with Crippen molar-refractivity contribution < 1.29 is 24.2 Å². The van der Waals surface area contributed by atoms with Crippen LogP contribution in [0.5, 0.6) is 0 Å². The van der Waals surface area contributed by atoms with E-state index in [4.69, 9.17) is 33.0 Å². The number of halogens is 2. The molecule has 0 aliphatic carbocycles. The van der Waals surface area contributed by atoms with Gasteiger partial charge in [-0.1, -0.05) is 29.3 Å². The van der Waals surface area contributed by atoms with Crippen LogP contribution in [0.2, 0.25) is 10.0 Å². The van der Waals surface area contributed by atoms with Gasteiger partial charge in [-0.3, -0.25) is 9.59 Å². The van der Waals surface area contributed by atoms with Gasteiger partial charge in [-0.15, -0.1) is 0 Å². The molecule has 23 heavy (non-hydrogen) atoms. The number of rotatable bonds is 7. The topological polar surface area (TPSA) is 105 Å². The van der Waals surface area contributed by atoms with Crippen LogP contribution in [-0.2, 0) is 14.3 Å². The zero-order chi connectivity index (χ0) is 17.6. The summed E-state index contributed by atoms with van der Waals surface area (Å²) in [6.07, 6.45) is 0. The largest absolute Gasteiger partial charge is 0.480 e. The number of aliphatic carboxylic acids is 1. The van der Waals surface area contributed by atoms with Crippen molar-refractivity contribution in [2.75, 3.05) is 13.7 Å². The van der Waals surface area contributed by atoms with Gasteiger partial charge in [-0.25, -0.2) is 4.79 Å². The van der Waals surface area contributed by atoms with Crippen molar-refractivity contribution in [3.8, 4) is 0 Å². The molecule has 7 nitrogen and oxygen atoms in total. The van der Waals surface area contributed by atoms with Crippen LogP contribution in [0.4, 0.5) is 0 Å². The molecule has 0 radical (unpaired) electrons. The summed E-state index contributed by atoms with van der Waals surface area (Å²) >= 11 is 11.8. The van der Waals surface area contributed by atoms with Gasteiger partial charge in [0.2, 0.25) is 5.91 Å². The van der Waals surface area contributed by atoms with Crippen LogP contribution in [0, 0.1) is 0 Å². The number of methoxy groups -OCH3 is 1. The number of hydrogen-bond acceptors (Lipinski definition) is 4. The second kappa shape index (κ2) is 8.71. The lowest BCUT2D eigenvalue weighted by atomic mass is 10.2. The van der Waals surface area contributed by atoms with Gasteiger partial charge >= 0.3 is 5.97 Å². The summed E-state index contributed by atoms with van der Waals surface area (Å²) in [6.45, 7) is 1.22. The Morgan fingerprint density at radius 2 is 1.91 bits per heavy atom. The minimum Gasteiger partial charge on any atom is -0.480 e. The summed E-state index contributed by atoms with van der Waals surface area (Å²) in [5, 5.41) is 13.9. The predicted octanol–water partition coefficient (Wildman–Crippen LogP) is 1.33. The lowest BCUT2D eigenvalue weighted by molar-refractivity contribution is -0.143. The van der Waals surface area contributed by atoms with E-state index >= 15 is 0 Å². The van der Waals surface area contributed by atoms with Gasteiger partial charge in [0, 0.05) is 7.11 Å². The standard InChI is InChI=1S/C14H16Cl2N2O5/c1-7(12(19)18-10(6-23-2)14(21)22)17-13(20)8-4-3-5-9(15)11(8)16/h3-5,7,10H,6H2,1-2H3,(H,17,20)(H,18,19)(H,21,22). The normalized spacial score (nSPS) is 13.0. The van der Waals surface area contributed by atoms with Crippen LogP contribution in [0.25, 0.3) is 0 Å². The maximum Gasteiger partial charge on any atom is 0.328 e. The number of benzene rings is 1. The molecule has 0 saturated heterocycles. The zero-order valence-corrected chi connectivity index (χ0v) is 13.9.